The van der Waals surface area contributed by atoms with E-state index >= 15 is 0 Å². The van der Waals surface area contributed by atoms with E-state index in [4.69, 9.17) is 0 Å². The molecule has 1 aromatic rings. The first-order valence-corrected chi connectivity index (χ1v) is 7.90. The molecule has 2 nitrogen and oxygen atoms in total. The fourth-order valence-corrected chi connectivity index (χ4v) is 3.51. The molecule has 2 rings (SSSR count). The molecular weight excluding hydrogens is 246 g/mol. The van der Waals surface area contributed by atoms with Crippen LogP contribution in [0.2, 0.25) is 0 Å². The second-order valence-corrected chi connectivity index (χ2v) is 7.38. The Labute approximate surface area is 123 Å². The number of phenolic OH excluding ortho intramolecular Hbond substituents is 1. The zero-order chi connectivity index (χ0) is 14.8. The monoisotopic (exact) mass is 275 g/mol. The third-order valence-corrected chi connectivity index (χ3v) is 4.67. The third-order valence-electron chi connectivity index (χ3n) is 4.67. The summed E-state index contributed by atoms with van der Waals surface area (Å²) in [4.78, 5) is 0. The first kappa shape index (κ1) is 15.4. The zero-order valence-corrected chi connectivity index (χ0v) is 13.4. The maximum Gasteiger partial charge on any atom is 0.120 e. The van der Waals surface area contributed by atoms with Crippen molar-refractivity contribution in [1.82, 2.24) is 5.32 Å². The summed E-state index contributed by atoms with van der Waals surface area (Å²) in [5.74, 6) is 1.13. The Kier molecular flexibility index (Phi) is 4.74. The molecule has 2 unspecified atom stereocenters. The highest BCUT2D eigenvalue weighted by atomic mass is 16.3. The van der Waals surface area contributed by atoms with Crippen molar-refractivity contribution in [2.75, 3.05) is 0 Å². The molecule has 1 aliphatic carbocycles. The van der Waals surface area contributed by atoms with Crippen LogP contribution in [0.4, 0.5) is 0 Å². The maximum absolute atomic E-state index is 9.95. The van der Waals surface area contributed by atoms with Gasteiger partial charge in [-0.2, -0.15) is 0 Å². The average molecular weight is 275 g/mol. The molecule has 1 aliphatic rings. The van der Waals surface area contributed by atoms with Crippen molar-refractivity contribution >= 4 is 0 Å². The Morgan fingerprint density at radius 1 is 1.20 bits per heavy atom. The quantitative estimate of drug-likeness (QED) is 0.857. The van der Waals surface area contributed by atoms with Crippen LogP contribution in [0.5, 0.6) is 5.75 Å². The number of phenols is 1. The summed E-state index contributed by atoms with van der Waals surface area (Å²) in [5.41, 5.74) is 2.58. The van der Waals surface area contributed by atoms with Gasteiger partial charge in [0.15, 0.2) is 0 Å². The van der Waals surface area contributed by atoms with E-state index in [1.54, 1.807) is 6.07 Å². The second kappa shape index (κ2) is 6.17. The van der Waals surface area contributed by atoms with Crippen LogP contribution in [0.1, 0.15) is 57.6 Å². The standard InChI is InChI=1S/C18H29NO/c1-13-9-10-17(20)14(11-13)12-19-16-8-6-5-7-15(16)18(2,3)4/h9-11,15-16,19-20H,5-8,12H2,1-4H3. The van der Waals surface area contributed by atoms with Crippen LogP contribution in [0.3, 0.4) is 0 Å². The summed E-state index contributed by atoms with van der Waals surface area (Å²) >= 11 is 0. The number of hydrogen-bond acceptors (Lipinski definition) is 2. The van der Waals surface area contributed by atoms with Gasteiger partial charge in [0.25, 0.3) is 0 Å². The molecule has 0 bridgehead atoms. The lowest BCUT2D eigenvalue weighted by atomic mass is 9.69. The van der Waals surface area contributed by atoms with E-state index in [1.165, 1.54) is 31.2 Å². The van der Waals surface area contributed by atoms with Gasteiger partial charge in [-0.15, -0.1) is 0 Å². The van der Waals surface area contributed by atoms with Gasteiger partial charge >= 0.3 is 0 Å². The van der Waals surface area contributed by atoms with Crippen LogP contribution in [0, 0.1) is 18.3 Å². The summed E-state index contributed by atoms with van der Waals surface area (Å²) in [5, 5.41) is 13.7. The highest BCUT2D eigenvalue weighted by Crippen LogP contribution is 2.38. The molecule has 0 radical (unpaired) electrons. The molecular formula is C18H29NO. The molecule has 1 aromatic carbocycles. The lowest BCUT2D eigenvalue weighted by Gasteiger charge is -2.41. The molecule has 1 fully saturated rings. The van der Waals surface area contributed by atoms with E-state index in [2.05, 4.69) is 39.1 Å². The van der Waals surface area contributed by atoms with Gasteiger partial charge in [-0.25, -0.2) is 0 Å². The SMILES string of the molecule is Cc1ccc(O)c(CNC2CCCCC2C(C)(C)C)c1. The molecule has 0 saturated heterocycles. The summed E-state index contributed by atoms with van der Waals surface area (Å²) in [6, 6.07) is 6.41. The Hall–Kier alpha value is -1.02. The molecule has 112 valence electrons. The van der Waals surface area contributed by atoms with Gasteiger partial charge in [-0.3, -0.25) is 0 Å². The number of hydrogen-bond donors (Lipinski definition) is 2. The predicted octanol–water partition coefficient (Wildman–Crippen LogP) is 4.40. The Bertz CT molecular complexity index is 447. The van der Waals surface area contributed by atoms with Crippen molar-refractivity contribution in [2.45, 2.75) is 66.0 Å². The summed E-state index contributed by atoms with van der Waals surface area (Å²) in [6.07, 6.45) is 5.26. The van der Waals surface area contributed by atoms with Gasteiger partial charge in [0, 0.05) is 18.2 Å². The topological polar surface area (TPSA) is 32.3 Å². The van der Waals surface area contributed by atoms with Crippen LogP contribution in [-0.2, 0) is 6.54 Å². The van der Waals surface area contributed by atoms with Crippen molar-refractivity contribution in [3.8, 4) is 5.75 Å². The zero-order valence-electron chi connectivity index (χ0n) is 13.4. The van der Waals surface area contributed by atoms with Crippen molar-refractivity contribution in [1.29, 1.82) is 0 Å². The van der Waals surface area contributed by atoms with E-state index < -0.39 is 0 Å². The molecule has 0 amide bonds. The highest BCUT2D eigenvalue weighted by molar-refractivity contribution is 5.35. The van der Waals surface area contributed by atoms with Crippen LogP contribution in [-0.4, -0.2) is 11.1 Å². The molecule has 20 heavy (non-hydrogen) atoms. The van der Waals surface area contributed by atoms with Crippen LogP contribution < -0.4 is 5.32 Å². The average Bonchev–Trinajstić information content (AvgIpc) is 2.39. The highest BCUT2D eigenvalue weighted by Gasteiger charge is 2.33. The van der Waals surface area contributed by atoms with E-state index in [-0.39, 0.29) is 0 Å². The smallest absolute Gasteiger partial charge is 0.120 e. The van der Waals surface area contributed by atoms with Gasteiger partial charge in [0.1, 0.15) is 5.75 Å². The molecule has 1 saturated carbocycles. The van der Waals surface area contributed by atoms with Gasteiger partial charge in [0.2, 0.25) is 0 Å². The van der Waals surface area contributed by atoms with E-state index in [1.807, 2.05) is 6.07 Å². The van der Waals surface area contributed by atoms with Gasteiger partial charge < -0.3 is 10.4 Å². The third kappa shape index (κ3) is 3.76. The van der Waals surface area contributed by atoms with Crippen LogP contribution in [0.15, 0.2) is 18.2 Å². The number of aryl methyl sites for hydroxylation is 1. The second-order valence-electron chi connectivity index (χ2n) is 7.38. The lowest BCUT2D eigenvalue weighted by molar-refractivity contribution is 0.130. The molecule has 0 spiro atoms. The van der Waals surface area contributed by atoms with E-state index in [0.29, 0.717) is 17.2 Å². The minimum absolute atomic E-state index is 0.354. The van der Waals surface area contributed by atoms with Gasteiger partial charge in [0.05, 0.1) is 0 Å². The van der Waals surface area contributed by atoms with Crippen molar-refractivity contribution in [3.63, 3.8) is 0 Å². The normalized spacial score (nSPS) is 23.8. The first-order chi connectivity index (χ1) is 9.38. The number of nitrogens with one attached hydrogen (secondary N) is 1. The van der Waals surface area contributed by atoms with Crippen LogP contribution >= 0.6 is 0 Å². The molecule has 0 heterocycles. The molecule has 2 N–H and O–H groups in total. The number of aromatic hydroxyl groups is 1. The number of benzene rings is 1. The summed E-state index contributed by atoms with van der Waals surface area (Å²) in [6.45, 7) is 9.89. The van der Waals surface area contributed by atoms with Gasteiger partial charge in [-0.05, 0) is 37.2 Å². The van der Waals surface area contributed by atoms with Crippen LogP contribution in [0.25, 0.3) is 0 Å². The molecule has 0 aromatic heterocycles. The fraction of sp³-hybridized carbons (Fsp3) is 0.667. The van der Waals surface area contributed by atoms with E-state index in [9.17, 15) is 5.11 Å². The lowest BCUT2D eigenvalue weighted by Crippen LogP contribution is -2.43. The summed E-state index contributed by atoms with van der Waals surface area (Å²) in [7, 11) is 0. The maximum atomic E-state index is 9.95. The molecule has 0 aliphatic heterocycles. The van der Waals surface area contributed by atoms with E-state index in [0.717, 1.165) is 18.0 Å². The number of rotatable bonds is 3. The largest absolute Gasteiger partial charge is 0.508 e. The van der Waals surface area contributed by atoms with Crippen molar-refractivity contribution in [2.24, 2.45) is 11.3 Å². The minimum atomic E-state index is 0.354. The Morgan fingerprint density at radius 2 is 1.90 bits per heavy atom. The minimum Gasteiger partial charge on any atom is -0.508 e. The van der Waals surface area contributed by atoms with Crippen molar-refractivity contribution in [3.05, 3.63) is 29.3 Å². The first-order valence-electron chi connectivity index (χ1n) is 7.90. The molecule has 2 heteroatoms. The molecule has 2 atom stereocenters. The van der Waals surface area contributed by atoms with Crippen molar-refractivity contribution < 1.29 is 5.11 Å². The van der Waals surface area contributed by atoms with Gasteiger partial charge in [-0.1, -0.05) is 51.3 Å². The Morgan fingerprint density at radius 3 is 2.60 bits per heavy atom. The fourth-order valence-electron chi connectivity index (χ4n) is 3.51. The Balaban J connectivity index is 2.03. The summed E-state index contributed by atoms with van der Waals surface area (Å²) < 4.78 is 0. The predicted molar refractivity (Wildman–Crippen MR) is 84.9 cm³/mol.